The van der Waals surface area contributed by atoms with Gasteiger partial charge >= 0.3 is 5.69 Å². The number of rotatable bonds is 8. The molecular weight excluding hydrogens is 362 g/mol. The SMILES string of the molecule is COc1ccc(S(=O)(=O)NC(Cc2ccccc2)C(N)=O)cc1[N+](=O)[O-]. The number of sulfonamides is 1. The summed E-state index contributed by atoms with van der Waals surface area (Å²) in [5, 5.41) is 11.1. The molecule has 0 saturated heterocycles. The van der Waals surface area contributed by atoms with Crippen molar-refractivity contribution in [1.82, 2.24) is 4.72 Å². The number of primary amides is 1. The van der Waals surface area contributed by atoms with Crippen molar-refractivity contribution in [3.8, 4) is 5.75 Å². The Morgan fingerprint density at radius 1 is 1.27 bits per heavy atom. The summed E-state index contributed by atoms with van der Waals surface area (Å²) < 4.78 is 32.1. The molecule has 0 fully saturated rings. The van der Waals surface area contributed by atoms with E-state index in [1.54, 1.807) is 30.3 Å². The number of amides is 1. The molecule has 0 aromatic heterocycles. The molecule has 0 heterocycles. The minimum absolute atomic E-state index is 0.0493. The van der Waals surface area contributed by atoms with Gasteiger partial charge in [-0.3, -0.25) is 14.9 Å². The van der Waals surface area contributed by atoms with Gasteiger partial charge in [-0.05, 0) is 24.1 Å². The lowest BCUT2D eigenvalue weighted by Crippen LogP contribution is -2.45. The molecule has 9 nitrogen and oxygen atoms in total. The van der Waals surface area contributed by atoms with E-state index in [4.69, 9.17) is 10.5 Å². The van der Waals surface area contributed by atoms with Gasteiger partial charge in [0.15, 0.2) is 5.75 Å². The molecule has 2 aromatic rings. The summed E-state index contributed by atoms with van der Waals surface area (Å²) in [5.74, 6) is -0.940. The van der Waals surface area contributed by atoms with Crippen molar-refractivity contribution in [3.05, 3.63) is 64.2 Å². The lowest BCUT2D eigenvalue weighted by Gasteiger charge is -2.16. The normalized spacial score (nSPS) is 12.3. The van der Waals surface area contributed by atoms with Crippen LogP contribution in [0.15, 0.2) is 53.4 Å². The van der Waals surface area contributed by atoms with Gasteiger partial charge in [-0.1, -0.05) is 30.3 Å². The van der Waals surface area contributed by atoms with Crippen molar-refractivity contribution in [3.63, 3.8) is 0 Å². The van der Waals surface area contributed by atoms with Crippen LogP contribution < -0.4 is 15.2 Å². The molecule has 10 heteroatoms. The van der Waals surface area contributed by atoms with Gasteiger partial charge in [0.1, 0.15) is 6.04 Å². The number of ether oxygens (including phenoxy) is 1. The van der Waals surface area contributed by atoms with Gasteiger partial charge in [0.2, 0.25) is 15.9 Å². The van der Waals surface area contributed by atoms with E-state index in [-0.39, 0.29) is 17.1 Å². The molecule has 1 unspecified atom stereocenters. The molecule has 0 spiro atoms. The zero-order valence-electron chi connectivity index (χ0n) is 13.8. The molecule has 2 rings (SSSR count). The number of carbonyl (C=O) groups excluding carboxylic acids is 1. The van der Waals surface area contributed by atoms with Crippen molar-refractivity contribution in [2.45, 2.75) is 17.4 Å². The van der Waals surface area contributed by atoms with E-state index in [0.717, 1.165) is 12.1 Å². The monoisotopic (exact) mass is 379 g/mol. The summed E-state index contributed by atoms with van der Waals surface area (Å²) >= 11 is 0. The molecule has 138 valence electrons. The van der Waals surface area contributed by atoms with E-state index in [9.17, 15) is 23.3 Å². The summed E-state index contributed by atoms with van der Waals surface area (Å²) in [4.78, 5) is 21.6. The number of nitro groups is 1. The number of methoxy groups -OCH3 is 1. The highest BCUT2D eigenvalue weighted by Gasteiger charge is 2.27. The first-order chi connectivity index (χ1) is 12.2. The average Bonchev–Trinajstić information content (AvgIpc) is 2.61. The Bertz CT molecular complexity index is 915. The summed E-state index contributed by atoms with van der Waals surface area (Å²) in [6.45, 7) is 0. The molecular formula is C16H17N3O6S. The van der Waals surface area contributed by atoms with Crippen LogP contribution in [-0.4, -0.2) is 32.4 Å². The Hall–Kier alpha value is -2.98. The lowest BCUT2D eigenvalue weighted by molar-refractivity contribution is -0.386. The summed E-state index contributed by atoms with van der Waals surface area (Å²) in [6.07, 6.45) is 0.0493. The number of carbonyl (C=O) groups is 1. The number of nitrogens with two attached hydrogens (primary N) is 1. The third-order valence-corrected chi connectivity index (χ3v) is 5.05. The van der Waals surface area contributed by atoms with Crippen LogP contribution in [0.5, 0.6) is 5.75 Å². The van der Waals surface area contributed by atoms with Gasteiger partial charge in [0, 0.05) is 6.07 Å². The number of nitrogens with one attached hydrogen (secondary N) is 1. The zero-order valence-corrected chi connectivity index (χ0v) is 14.6. The molecule has 1 atom stereocenters. The second-order valence-corrected chi connectivity index (χ2v) is 7.07. The molecule has 0 aliphatic rings. The van der Waals surface area contributed by atoms with Gasteiger partial charge in [0.25, 0.3) is 0 Å². The van der Waals surface area contributed by atoms with E-state index in [0.29, 0.717) is 5.56 Å². The Morgan fingerprint density at radius 3 is 2.46 bits per heavy atom. The fraction of sp³-hybridized carbons (Fsp3) is 0.188. The Labute approximate surface area is 150 Å². The molecule has 0 radical (unpaired) electrons. The predicted octanol–water partition coefficient (Wildman–Crippen LogP) is 0.978. The first kappa shape index (κ1) is 19.3. The largest absolute Gasteiger partial charge is 0.490 e. The molecule has 0 bridgehead atoms. The summed E-state index contributed by atoms with van der Waals surface area (Å²) in [7, 11) is -2.98. The van der Waals surface area contributed by atoms with Crippen molar-refractivity contribution in [2.24, 2.45) is 5.73 Å². The summed E-state index contributed by atoms with van der Waals surface area (Å²) in [5.41, 5.74) is 5.50. The topological polar surface area (TPSA) is 142 Å². The van der Waals surface area contributed by atoms with Crippen molar-refractivity contribution in [2.75, 3.05) is 7.11 Å². The van der Waals surface area contributed by atoms with Crippen LogP contribution in [0.2, 0.25) is 0 Å². The van der Waals surface area contributed by atoms with Crippen molar-refractivity contribution < 1.29 is 22.9 Å². The molecule has 0 aliphatic carbocycles. The van der Waals surface area contributed by atoms with E-state index in [2.05, 4.69) is 4.72 Å². The molecule has 3 N–H and O–H groups in total. The maximum absolute atomic E-state index is 12.5. The maximum atomic E-state index is 12.5. The Kier molecular flexibility index (Phi) is 5.90. The number of hydrogen-bond donors (Lipinski definition) is 2. The molecule has 2 aromatic carbocycles. The van der Waals surface area contributed by atoms with Gasteiger partial charge in [-0.2, -0.15) is 4.72 Å². The molecule has 1 amide bonds. The highest BCUT2D eigenvalue weighted by Crippen LogP contribution is 2.29. The van der Waals surface area contributed by atoms with Crippen LogP contribution in [0.25, 0.3) is 0 Å². The van der Waals surface area contributed by atoms with Crippen molar-refractivity contribution >= 4 is 21.6 Å². The second kappa shape index (κ2) is 7.93. The van der Waals surface area contributed by atoms with Gasteiger partial charge < -0.3 is 10.5 Å². The number of nitrogens with zero attached hydrogens (tertiary/aromatic N) is 1. The Balaban J connectivity index is 2.32. The minimum Gasteiger partial charge on any atom is -0.490 e. The molecule has 0 saturated carbocycles. The highest BCUT2D eigenvalue weighted by molar-refractivity contribution is 7.89. The maximum Gasteiger partial charge on any atom is 0.312 e. The first-order valence-corrected chi connectivity index (χ1v) is 8.91. The predicted molar refractivity (Wildman–Crippen MR) is 93.1 cm³/mol. The third kappa shape index (κ3) is 4.55. The van der Waals surface area contributed by atoms with Gasteiger partial charge in [-0.25, -0.2) is 8.42 Å². The first-order valence-electron chi connectivity index (χ1n) is 7.42. The zero-order chi connectivity index (χ0) is 19.3. The van der Waals surface area contributed by atoms with Crippen LogP contribution in [0, 0.1) is 10.1 Å². The third-order valence-electron chi connectivity index (χ3n) is 3.58. The fourth-order valence-corrected chi connectivity index (χ4v) is 3.51. The van der Waals surface area contributed by atoms with Crippen molar-refractivity contribution in [1.29, 1.82) is 0 Å². The highest BCUT2D eigenvalue weighted by atomic mass is 32.2. The van der Waals surface area contributed by atoms with E-state index >= 15 is 0 Å². The number of hydrogen-bond acceptors (Lipinski definition) is 6. The van der Waals surface area contributed by atoms with Crippen LogP contribution in [0.1, 0.15) is 5.56 Å². The van der Waals surface area contributed by atoms with E-state index in [1.165, 1.54) is 13.2 Å². The molecule has 0 aliphatic heterocycles. The van der Waals surface area contributed by atoms with Crippen LogP contribution in [0.4, 0.5) is 5.69 Å². The van der Waals surface area contributed by atoms with Gasteiger partial charge in [-0.15, -0.1) is 0 Å². The van der Waals surface area contributed by atoms with E-state index < -0.39 is 32.6 Å². The second-order valence-electron chi connectivity index (χ2n) is 5.36. The minimum atomic E-state index is -4.22. The smallest absolute Gasteiger partial charge is 0.312 e. The number of nitro benzene ring substituents is 1. The van der Waals surface area contributed by atoms with Crippen LogP contribution >= 0.6 is 0 Å². The lowest BCUT2D eigenvalue weighted by atomic mass is 10.1. The van der Waals surface area contributed by atoms with Crippen LogP contribution in [0.3, 0.4) is 0 Å². The average molecular weight is 379 g/mol. The van der Waals surface area contributed by atoms with E-state index in [1.807, 2.05) is 0 Å². The Morgan fingerprint density at radius 2 is 1.92 bits per heavy atom. The van der Waals surface area contributed by atoms with Gasteiger partial charge in [0.05, 0.1) is 16.9 Å². The molecule has 26 heavy (non-hydrogen) atoms. The summed E-state index contributed by atoms with van der Waals surface area (Å²) in [6, 6.07) is 10.7. The standard InChI is InChI=1S/C16H17N3O6S/c1-25-15-8-7-12(10-14(15)19(21)22)26(23,24)18-13(16(17)20)9-11-5-3-2-4-6-11/h2-8,10,13,18H,9H2,1H3,(H2,17,20). The van der Waals surface area contributed by atoms with Crippen LogP contribution in [-0.2, 0) is 21.2 Å². The quantitative estimate of drug-likeness (QED) is 0.517. The fourth-order valence-electron chi connectivity index (χ4n) is 2.29. The number of benzene rings is 2.